The molecular weight excluding hydrogens is 236 g/mol. The summed E-state index contributed by atoms with van der Waals surface area (Å²) in [5.74, 6) is 8.29. The molecular formula is C16H32N2O. The van der Waals surface area contributed by atoms with Gasteiger partial charge >= 0.3 is 0 Å². The minimum Gasteiger partial charge on any atom is -0.378 e. The number of rotatable bonds is 5. The third-order valence-electron chi connectivity index (χ3n) is 5.07. The van der Waals surface area contributed by atoms with E-state index in [1.54, 1.807) is 0 Å². The molecule has 0 amide bonds. The van der Waals surface area contributed by atoms with Gasteiger partial charge in [0.15, 0.2) is 0 Å². The first kappa shape index (κ1) is 15.3. The van der Waals surface area contributed by atoms with Crippen molar-refractivity contribution in [3.63, 3.8) is 0 Å². The van der Waals surface area contributed by atoms with Crippen LogP contribution in [-0.2, 0) is 4.74 Å². The third kappa shape index (κ3) is 4.73. The molecule has 2 fully saturated rings. The Morgan fingerprint density at radius 2 is 1.89 bits per heavy atom. The molecule has 4 atom stereocenters. The highest BCUT2D eigenvalue weighted by molar-refractivity contribution is 4.83. The van der Waals surface area contributed by atoms with Gasteiger partial charge in [-0.2, -0.15) is 0 Å². The van der Waals surface area contributed by atoms with E-state index in [4.69, 9.17) is 10.6 Å². The van der Waals surface area contributed by atoms with E-state index in [1.165, 1.54) is 51.4 Å². The smallest absolute Gasteiger partial charge is 0.0575 e. The van der Waals surface area contributed by atoms with E-state index in [1.807, 2.05) is 0 Å². The molecule has 0 aromatic rings. The summed E-state index contributed by atoms with van der Waals surface area (Å²) in [5.41, 5.74) is 3.10. The summed E-state index contributed by atoms with van der Waals surface area (Å²) in [6.45, 7) is 5.74. The molecule has 2 rings (SSSR count). The highest BCUT2D eigenvalue weighted by Crippen LogP contribution is 2.36. The summed E-state index contributed by atoms with van der Waals surface area (Å²) in [5, 5.41) is 0. The summed E-state index contributed by atoms with van der Waals surface area (Å²) in [6, 6.07) is 0.482. The highest BCUT2D eigenvalue weighted by atomic mass is 16.5. The Bertz CT molecular complexity index is 243. The normalized spacial score (nSPS) is 38.1. The Balaban J connectivity index is 1.78. The van der Waals surface area contributed by atoms with Crippen LogP contribution in [0, 0.1) is 17.8 Å². The van der Waals surface area contributed by atoms with Crippen LogP contribution < -0.4 is 11.3 Å². The molecule has 0 radical (unpaired) electrons. The van der Waals surface area contributed by atoms with Crippen LogP contribution in [0.15, 0.2) is 0 Å². The van der Waals surface area contributed by atoms with Crippen molar-refractivity contribution >= 4 is 0 Å². The molecule has 0 aromatic carbocycles. The molecule has 3 heteroatoms. The Hall–Kier alpha value is -0.120. The van der Waals surface area contributed by atoms with E-state index >= 15 is 0 Å². The largest absolute Gasteiger partial charge is 0.378 e. The predicted octanol–water partition coefficient (Wildman–Crippen LogP) is 3.24. The Morgan fingerprint density at radius 1 is 1.16 bits per heavy atom. The number of nitrogens with two attached hydrogens (primary N) is 1. The minimum absolute atomic E-state index is 0.482. The maximum atomic E-state index is 5.83. The second-order valence-electron chi connectivity index (χ2n) is 7.02. The summed E-state index contributed by atoms with van der Waals surface area (Å²) < 4.78 is 5.83. The summed E-state index contributed by atoms with van der Waals surface area (Å²) in [6.07, 6.45) is 10.7. The maximum absolute atomic E-state index is 5.83. The third-order valence-corrected chi connectivity index (χ3v) is 5.07. The molecule has 1 saturated carbocycles. The quantitative estimate of drug-likeness (QED) is 0.594. The lowest BCUT2D eigenvalue weighted by Crippen LogP contribution is -2.44. The molecule has 0 bridgehead atoms. The van der Waals surface area contributed by atoms with E-state index in [-0.39, 0.29) is 0 Å². The molecule has 1 aliphatic carbocycles. The van der Waals surface area contributed by atoms with Crippen molar-refractivity contribution in [2.45, 2.75) is 77.4 Å². The van der Waals surface area contributed by atoms with Gasteiger partial charge in [0.05, 0.1) is 6.10 Å². The van der Waals surface area contributed by atoms with Crippen LogP contribution in [0.4, 0.5) is 0 Å². The lowest BCUT2D eigenvalue weighted by molar-refractivity contribution is 0.00639. The predicted molar refractivity (Wildman–Crippen MR) is 79.6 cm³/mol. The van der Waals surface area contributed by atoms with Crippen LogP contribution in [0.5, 0.6) is 0 Å². The highest BCUT2D eigenvalue weighted by Gasteiger charge is 2.30. The molecule has 19 heavy (non-hydrogen) atoms. The summed E-state index contributed by atoms with van der Waals surface area (Å²) in [7, 11) is 0. The van der Waals surface area contributed by atoms with Crippen molar-refractivity contribution in [1.82, 2.24) is 5.43 Å². The van der Waals surface area contributed by atoms with Crippen LogP contribution in [-0.4, -0.2) is 18.8 Å². The van der Waals surface area contributed by atoms with Crippen LogP contribution in [0.1, 0.15) is 65.2 Å². The zero-order chi connectivity index (χ0) is 13.7. The van der Waals surface area contributed by atoms with Crippen molar-refractivity contribution in [2.75, 3.05) is 6.61 Å². The Kier molecular flexibility index (Phi) is 6.11. The molecule has 0 spiro atoms. The van der Waals surface area contributed by atoms with Gasteiger partial charge in [-0.3, -0.25) is 11.3 Å². The van der Waals surface area contributed by atoms with Crippen molar-refractivity contribution < 1.29 is 4.74 Å². The topological polar surface area (TPSA) is 47.3 Å². The number of hydrogen-bond donors (Lipinski definition) is 2. The molecule has 0 aromatic heterocycles. The van der Waals surface area contributed by atoms with Gasteiger partial charge in [0.1, 0.15) is 0 Å². The van der Waals surface area contributed by atoms with Crippen molar-refractivity contribution in [1.29, 1.82) is 0 Å². The molecule has 3 nitrogen and oxygen atoms in total. The van der Waals surface area contributed by atoms with Gasteiger partial charge in [0.25, 0.3) is 0 Å². The van der Waals surface area contributed by atoms with Gasteiger partial charge in [0.2, 0.25) is 0 Å². The second-order valence-corrected chi connectivity index (χ2v) is 7.02. The zero-order valence-corrected chi connectivity index (χ0v) is 12.7. The SMILES string of the molecule is CC1CC(C)CC(C(CCC2CCCCO2)NN)C1. The van der Waals surface area contributed by atoms with Gasteiger partial charge < -0.3 is 4.74 Å². The van der Waals surface area contributed by atoms with Crippen LogP contribution in [0.25, 0.3) is 0 Å². The fourth-order valence-electron chi connectivity index (χ4n) is 4.19. The number of hydrazine groups is 1. The van der Waals surface area contributed by atoms with Crippen LogP contribution >= 0.6 is 0 Å². The van der Waals surface area contributed by atoms with Gasteiger partial charge in [-0.15, -0.1) is 0 Å². The Morgan fingerprint density at radius 3 is 2.47 bits per heavy atom. The molecule has 1 saturated heterocycles. The van der Waals surface area contributed by atoms with E-state index < -0.39 is 0 Å². The molecule has 1 heterocycles. The first-order chi connectivity index (χ1) is 9.19. The molecule has 1 aliphatic heterocycles. The maximum Gasteiger partial charge on any atom is 0.0575 e. The number of hydrogen-bond acceptors (Lipinski definition) is 3. The molecule has 4 unspecified atom stereocenters. The van der Waals surface area contributed by atoms with Crippen molar-refractivity contribution in [3.05, 3.63) is 0 Å². The standard InChI is InChI=1S/C16H32N2O/c1-12-9-13(2)11-14(10-12)16(18-17)7-6-15-5-3-4-8-19-15/h12-16,18H,3-11,17H2,1-2H3. The summed E-state index contributed by atoms with van der Waals surface area (Å²) in [4.78, 5) is 0. The molecule has 112 valence electrons. The van der Waals surface area contributed by atoms with E-state index in [0.717, 1.165) is 24.4 Å². The second kappa shape index (κ2) is 7.61. The number of nitrogens with one attached hydrogen (secondary N) is 1. The zero-order valence-electron chi connectivity index (χ0n) is 12.7. The fourth-order valence-corrected chi connectivity index (χ4v) is 4.19. The van der Waals surface area contributed by atoms with E-state index in [2.05, 4.69) is 19.3 Å². The van der Waals surface area contributed by atoms with E-state index in [9.17, 15) is 0 Å². The van der Waals surface area contributed by atoms with Gasteiger partial charge in [-0.1, -0.05) is 13.8 Å². The first-order valence-electron chi connectivity index (χ1n) is 8.26. The van der Waals surface area contributed by atoms with E-state index in [0.29, 0.717) is 12.1 Å². The summed E-state index contributed by atoms with van der Waals surface area (Å²) >= 11 is 0. The first-order valence-corrected chi connectivity index (χ1v) is 8.26. The van der Waals surface area contributed by atoms with Crippen LogP contribution in [0.2, 0.25) is 0 Å². The molecule has 3 N–H and O–H groups in total. The van der Waals surface area contributed by atoms with Gasteiger partial charge in [-0.05, 0) is 69.1 Å². The average molecular weight is 268 g/mol. The van der Waals surface area contributed by atoms with Crippen molar-refractivity contribution in [3.8, 4) is 0 Å². The van der Waals surface area contributed by atoms with Crippen LogP contribution in [0.3, 0.4) is 0 Å². The number of ether oxygens (including phenoxy) is 1. The van der Waals surface area contributed by atoms with Gasteiger partial charge in [0, 0.05) is 12.6 Å². The minimum atomic E-state index is 0.482. The monoisotopic (exact) mass is 268 g/mol. The van der Waals surface area contributed by atoms with Gasteiger partial charge in [-0.25, -0.2) is 0 Å². The molecule has 2 aliphatic rings. The lowest BCUT2D eigenvalue weighted by Gasteiger charge is -2.37. The fraction of sp³-hybridized carbons (Fsp3) is 1.00. The Labute approximate surface area is 118 Å². The average Bonchev–Trinajstić information content (AvgIpc) is 2.39. The lowest BCUT2D eigenvalue weighted by atomic mass is 9.73. The van der Waals surface area contributed by atoms with Crippen molar-refractivity contribution in [2.24, 2.45) is 23.6 Å².